The lowest BCUT2D eigenvalue weighted by molar-refractivity contribution is 0.660. The SMILES string of the molecule is CCCCCCc1c(CC)cc(C=C(C)N=Nc2cc(CCCC)c(-c3ccccc3)c(CCCC)c2)cc1CCCC. The fraction of sp³-hybridized carbons (Fsp3) is 0.512. The summed E-state index contributed by atoms with van der Waals surface area (Å²) in [4.78, 5) is 0. The number of benzene rings is 3. The van der Waals surface area contributed by atoms with Crippen LogP contribution in [0.4, 0.5) is 5.69 Å². The molecule has 232 valence electrons. The molecule has 0 atom stereocenters. The Morgan fingerprint density at radius 3 is 1.77 bits per heavy atom. The van der Waals surface area contributed by atoms with E-state index in [0.717, 1.165) is 30.6 Å². The molecule has 3 aromatic carbocycles. The molecule has 0 radical (unpaired) electrons. The van der Waals surface area contributed by atoms with Gasteiger partial charge in [0.25, 0.3) is 0 Å². The molecule has 0 spiro atoms. The van der Waals surface area contributed by atoms with Gasteiger partial charge in [0.1, 0.15) is 0 Å². The van der Waals surface area contributed by atoms with Crippen molar-refractivity contribution in [2.45, 2.75) is 138 Å². The summed E-state index contributed by atoms with van der Waals surface area (Å²) in [5.74, 6) is 0. The number of rotatable bonds is 19. The molecular formula is C41H58N2. The van der Waals surface area contributed by atoms with Gasteiger partial charge >= 0.3 is 0 Å². The molecule has 0 saturated carbocycles. The highest BCUT2D eigenvalue weighted by molar-refractivity contribution is 5.74. The number of unbranched alkanes of at least 4 members (excludes halogenated alkanes) is 6. The van der Waals surface area contributed by atoms with Crippen LogP contribution in [0.3, 0.4) is 0 Å². The predicted octanol–water partition coefficient (Wildman–Crippen LogP) is 13.2. The van der Waals surface area contributed by atoms with Gasteiger partial charge in [-0.05, 0) is 127 Å². The number of allylic oxidation sites excluding steroid dienone is 1. The zero-order valence-electron chi connectivity index (χ0n) is 28.3. The maximum atomic E-state index is 4.82. The van der Waals surface area contributed by atoms with Gasteiger partial charge in [0.05, 0.1) is 11.4 Å². The quantitative estimate of drug-likeness (QED) is 0.0998. The fourth-order valence-electron chi connectivity index (χ4n) is 6.18. The minimum atomic E-state index is 0.955. The first kappa shape index (κ1) is 34.5. The van der Waals surface area contributed by atoms with Crippen molar-refractivity contribution >= 4 is 11.8 Å². The van der Waals surface area contributed by atoms with Crippen molar-refractivity contribution in [3.63, 3.8) is 0 Å². The lowest BCUT2D eigenvalue weighted by Gasteiger charge is -2.17. The average Bonchev–Trinajstić information content (AvgIpc) is 3.03. The molecule has 0 aliphatic carbocycles. The van der Waals surface area contributed by atoms with Gasteiger partial charge in [-0.3, -0.25) is 0 Å². The average molecular weight is 579 g/mol. The third-order valence-corrected chi connectivity index (χ3v) is 8.56. The maximum absolute atomic E-state index is 4.82. The molecule has 0 amide bonds. The van der Waals surface area contributed by atoms with Gasteiger partial charge in [-0.25, -0.2) is 0 Å². The minimum Gasteiger partial charge on any atom is -0.155 e. The molecule has 0 heterocycles. The highest BCUT2D eigenvalue weighted by atomic mass is 15.1. The molecule has 0 N–H and O–H groups in total. The highest BCUT2D eigenvalue weighted by Gasteiger charge is 2.14. The predicted molar refractivity (Wildman–Crippen MR) is 190 cm³/mol. The first-order chi connectivity index (χ1) is 21.0. The zero-order valence-corrected chi connectivity index (χ0v) is 28.3. The second-order valence-corrected chi connectivity index (χ2v) is 12.3. The van der Waals surface area contributed by atoms with Crippen LogP contribution in [-0.2, 0) is 32.1 Å². The summed E-state index contributed by atoms with van der Waals surface area (Å²) in [6, 6.07) is 20.3. The molecule has 3 aromatic rings. The van der Waals surface area contributed by atoms with Crippen LogP contribution >= 0.6 is 0 Å². The van der Waals surface area contributed by atoms with Crippen LogP contribution in [-0.4, -0.2) is 0 Å². The van der Waals surface area contributed by atoms with Gasteiger partial charge < -0.3 is 0 Å². The van der Waals surface area contributed by atoms with Crippen molar-refractivity contribution in [3.8, 4) is 11.1 Å². The third kappa shape index (κ3) is 10.9. The van der Waals surface area contributed by atoms with Crippen LogP contribution in [0.5, 0.6) is 0 Å². The monoisotopic (exact) mass is 578 g/mol. The summed E-state index contributed by atoms with van der Waals surface area (Å²) < 4.78 is 0. The van der Waals surface area contributed by atoms with Crippen molar-refractivity contribution in [2.75, 3.05) is 0 Å². The second kappa shape index (κ2) is 19.3. The normalized spacial score (nSPS) is 12.0. The van der Waals surface area contributed by atoms with E-state index in [-0.39, 0.29) is 0 Å². The van der Waals surface area contributed by atoms with Crippen LogP contribution in [0.15, 0.2) is 70.5 Å². The zero-order chi connectivity index (χ0) is 30.9. The van der Waals surface area contributed by atoms with Crippen LogP contribution in [0, 0.1) is 0 Å². The highest BCUT2D eigenvalue weighted by Crippen LogP contribution is 2.34. The summed E-state index contributed by atoms with van der Waals surface area (Å²) in [5.41, 5.74) is 13.4. The standard InChI is InChI=1S/C41H58N2/c1-7-12-16-20-26-40-34(11-5)28-33(29-36(40)21-13-8-2)27-32(6)42-43-39-30-37(22-14-9-3)41(35-24-18-17-19-25-35)38(31-39)23-15-10-4/h17-19,24-25,27-31H,7-16,20-23,26H2,1-6H3. The summed E-state index contributed by atoms with van der Waals surface area (Å²) in [6.07, 6.45) is 20.3. The summed E-state index contributed by atoms with van der Waals surface area (Å²) >= 11 is 0. The van der Waals surface area contributed by atoms with Gasteiger partial charge in [0, 0.05) is 0 Å². The molecule has 2 nitrogen and oxygen atoms in total. The van der Waals surface area contributed by atoms with Crippen LogP contribution < -0.4 is 0 Å². The van der Waals surface area contributed by atoms with E-state index >= 15 is 0 Å². The molecular weight excluding hydrogens is 520 g/mol. The van der Waals surface area contributed by atoms with E-state index in [9.17, 15) is 0 Å². The van der Waals surface area contributed by atoms with Crippen molar-refractivity contribution in [3.05, 3.63) is 93.7 Å². The van der Waals surface area contributed by atoms with Crippen LogP contribution in [0.1, 0.15) is 139 Å². The van der Waals surface area contributed by atoms with Gasteiger partial charge in [-0.1, -0.05) is 116 Å². The molecule has 0 unspecified atom stereocenters. The van der Waals surface area contributed by atoms with E-state index in [0.29, 0.717) is 0 Å². The van der Waals surface area contributed by atoms with E-state index in [4.69, 9.17) is 10.2 Å². The smallest absolute Gasteiger partial charge is 0.0862 e. The molecule has 0 aromatic heterocycles. The first-order valence-electron chi connectivity index (χ1n) is 17.5. The number of hydrogen-bond donors (Lipinski definition) is 0. The summed E-state index contributed by atoms with van der Waals surface area (Å²) in [7, 11) is 0. The largest absolute Gasteiger partial charge is 0.155 e. The molecule has 0 bridgehead atoms. The van der Waals surface area contributed by atoms with Gasteiger partial charge in [-0.15, -0.1) is 0 Å². The Balaban J connectivity index is 1.95. The minimum absolute atomic E-state index is 0.955. The lowest BCUT2D eigenvalue weighted by Crippen LogP contribution is -2.02. The summed E-state index contributed by atoms with van der Waals surface area (Å²) in [6.45, 7) is 13.5. The maximum Gasteiger partial charge on any atom is 0.0862 e. The molecule has 0 aliphatic rings. The Bertz CT molecular complexity index is 1270. The Hall–Kier alpha value is -3.00. The number of hydrogen-bond acceptors (Lipinski definition) is 2. The third-order valence-electron chi connectivity index (χ3n) is 8.56. The van der Waals surface area contributed by atoms with Crippen LogP contribution in [0.2, 0.25) is 0 Å². The number of azo groups is 1. The van der Waals surface area contributed by atoms with E-state index in [1.807, 2.05) is 0 Å². The Kier molecular flexibility index (Phi) is 15.5. The molecule has 43 heavy (non-hydrogen) atoms. The number of aryl methyl sites for hydroxylation is 4. The molecule has 0 saturated heterocycles. The fourth-order valence-corrected chi connectivity index (χ4v) is 6.18. The van der Waals surface area contributed by atoms with Crippen molar-refractivity contribution in [1.82, 2.24) is 0 Å². The van der Waals surface area contributed by atoms with Crippen molar-refractivity contribution < 1.29 is 0 Å². The lowest BCUT2D eigenvalue weighted by atomic mass is 9.89. The second-order valence-electron chi connectivity index (χ2n) is 12.3. The summed E-state index contributed by atoms with van der Waals surface area (Å²) in [5, 5.41) is 9.58. The Labute approximate surface area is 264 Å². The molecule has 0 aliphatic heterocycles. The Morgan fingerprint density at radius 1 is 0.605 bits per heavy atom. The van der Waals surface area contributed by atoms with E-state index in [2.05, 4.69) is 102 Å². The van der Waals surface area contributed by atoms with Gasteiger partial charge in [0.15, 0.2) is 0 Å². The van der Waals surface area contributed by atoms with E-state index in [1.54, 1.807) is 11.1 Å². The molecule has 3 rings (SSSR count). The van der Waals surface area contributed by atoms with Crippen LogP contribution in [0.25, 0.3) is 17.2 Å². The van der Waals surface area contributed by atoms with E-state index < -0.39 is 0 Å². The molecule has 2 heteroatoms. The number of nitrogens with zero attached hydrogens (tertiary/aromatic N) is 2. The van der Waals surface area contributed by atoms with Gasteiger partial charge in [0.2, 0.25) is 0 Å². The van der Waals surface area contributed by atoms with Gasteiger partial charge in [-0.2, -0.15) is 10.2 Å². The topological polar surface area (TPSA) is 24.7 Å². The van der Waals surface area contributed by atoms with Crippen molar-refractivity contribution in [1.29, 1.82) is 0 Å². The molecule has 0 fully saturated rings. The first-order valence-corrected chi connectivity index (χ1v) is 17.5. The van der Waals surface area contributed by atoms with E-state index in [1.165, 1.54) is 110 Å². The van der Waals surface area contributed by atoms with Crippen molar-refractivity contribution in [2.24, 2.45) is 10.2 Å². The Morgan fingerprint density at radius 2 is 1.19 bits per heavy atom.